The van der Waals surface area contributed by atoms with Crippen LogP contribution < -0.4 is 0 Å². The summed E-state index contributed by atoms with van der Waals surface area (Å²) in [6.45, 7) is 1.74. The van der Waals surface area contributed by atoms with Crippen LogP contribution in [0.5, 0.6) is 0 Å². The fraction of sp³-hybridized carbons (Fsp3) is 0.0833. The summed E-state index contributed by atoms with van der Waals surface area (Å²) in [6.07, 6.45) is 1.74. The molecule has 82 valence electrons. The molecular weight excluding hydrogens is 289 g/mol. The van der Waals surface area contributed by atoms with Crippen LogP contribution in [0.2, 0.25) is 0 Å². The molecule has 0 fully saturated rings. The fourth-order valence-electron chi connectivity index (χ4n) is 1.20. The second kappa shape index (κ2) is 4.89. The van der Waals surface area contributed by atoms with Gasteiger partial charge in [0.1, 0.15) is 5.82 Å². The molecule has 1 heterocycles. The Hall–Kier alpha value is -1.000. The van der Waals surface area contributed by atoms with E-state index in [2.05, 4.69) is 20.9 Å². The van der Waals surface area contributed by atoms with Gasteiger partial charge in [0.2, 0.25) is 0 Å². The Balaban J connectivity index is 2.20. The van der Waals surface area contributed by atoms with Gasteiger partial charge in [0.25, 0.3) is 0 Å². The van der Waals surface area contributed by atoms with E-state index in [9.17, 15) is 4.39 Å². The quantitative estimate of drug-likeness (QED) is 0.712. The van der Waals surface area contributed by atoms with E-state index in [1.165, 1.54) is 6.07 Å². The minimum atomic E-state index is -0.220. The summed E-state index contributed by atoms with van der Waals surface area (Å²) >= 11 is 4.96. The third-order valence-corrected chi connectivity index (χ3v) is 3.65. The number of benzene rings is 1. The summed E-state index contributed by atoms with van der Waals surface area (Å²) in [4.78, 5) is 5.25. The molecule has 0 spiro atoms. The Morgan fingerprint density at radius 1 is 1.31 bits per heavy atom. The van der Waals surface area contributed by atoms with Crippen LogP contribution in [0, 0.1) is 12.7 Å². The monoisotopic (exact) mass is 297 g/mol. The molecule has 0 radical (unpaired) electrons. The number of thiophene rings is 1. The van der Waals surface area contributed by atoms with Crippen LogP contribution >= 0.6 is 27.3 Å². The molecule has 0 aliphatic carbocycles. The molecule has 0 unspecified atom stereocenters. The maximum atomic E-state index is 13.2. The average Bonchev–Trinajstić information content (AvgIpc) is 2.66. The zero-order chi connectivity index (χ0) is 11.5. The van der Waals surface area contributed by atoms with E-state index >= 15 is 0 Å². The van der Waals surface area contributed by atoms with E-state index < -0.39 is 0 Å². The molecular formula is C12H9BrFNS. The van der Waals surface area contributed by atoms with Gasteiger partial charge >= 0.3 is 0 Å². The standard InChI is InChI=1S/C12H9BrFNS/c1-8-2-3-9(6-11(8)14)15-7-10-4-5-12(13)16-10/h2-7H,1H3. The molecule has 1 aromatic heterocycles. The fourth-order valence-corrected chi connectivity index (χ4v) is 2.49. The maximum Gasteiger partial charge on any atom is 0.128 e. The Morgan fingerprint density at radius 2 is 2.12 bits per heavy atom. The van der Waals surface area contributed by atoms with Crippen LogP contribution in [-0.2, 0) is 0 Å². The van der Waals surface area contributed by atoms with Crippen LogP contribution in [0.4, 0.5) is 10.1 Å². The van der Waals surface area contributed by atoms with Crippen molar-refractivity contribution >= 4 is 39.2 Å². The van der Waals surface area contributed by atoms with Crippen molar-refractivity contribution in [2.24, 2.45) is 4.99 Å². The van der Waals surface area contributed by atoms with Crippen molar-refractivity contribution in [3.8, 4) is 0 Å². The van der Waals surface area contributed by atoms with E-state index in [1.807, 2.05) is 12.1 Å². The Labute approximate surface area is 106 Å². The van der Waals surface area contributed by atoms with Gasteiger partial charge in [0.05, 0.1) is 9.47 Å². The number of rotatable bonds is 2. The molecule has 0 bridgehead atoms. The molecule has 2 aromatic rings. The lowest BCUT2D eigenvalue weighted by Crippen LogP contribution is -1.80. The predicted octanol–water partition coefficient (Wildman–Crippen LogP) is 4.71. The SMILES string of the molecule is Cc1ccc(N=Cc2ccc(Br)s2)cc1F. The van der Waals surface area contributed by atoms with Gasteiger partial charge in [-0.25, -0.2) is 4.39 Å². The van der Waals surface area contributed by atoms with Gasteiger partial charge < -0.3 is 0 Å². The molecule has 2 rings (SSSR count). The molecule has 1 nitrogen and oxygen atoms in total. The van der Waals surface area contributed by atoms with Gasteiger partial charge in [-0.1, -0.05) is 6.07 Å². The van der Waals surface area contributed by atoms with Crippen molar-refractivity contribution in [1.29, 1.82) is 0 Å². The Morgan fingerprint density at radius 3 is 2.75 bits per heavy atom. The summed E-state index contributed by atoms with van der Waals surface area (Å²) in [6, 6.07) is 8.89. The first-order valence-electron chi connectivity index (χ1n) is 4.71. The average molecular weight is 298 g/mol. The van der Waals surface area contributed by atoms with Crippen LogP contribution in [0.15, 0.2) is 39.1 Å². The second-order valence-electron chi connectivity index (χ2n) is 3.33. The van der Waals surface area contributed by atoms with Gasteiger partial charge in [0, 0.05) is 11.1 Å². The van der Waals surface area contributed by atoms with E-state index in [1.54, 1.807) is 36.6 Å². The van der Waals surface area contributed by atoms with Gasteiger partial charge in [-0.15, -0.1) is 11.3 Å². The topological polar surface area (TPSA) is 12.4 Å². The summed E-state index contributed by atoms with van der Waals surface area (Å²) < 4.78 is 14.3. The third kappa shape index (κ3) is 2.77. The highest BCUT2D eigenvalue weighted by Crippen LogP contribution is 2.22. The van der Waals surface area contributed by atoms with E-state index in [0.717, 1.165) is 8.66 Å². The third-order valence-electron chi connectivity index (χ3n) is 2.09. The normalized spacial score (nSPS) is 11.2. The molecule has 0 aliphatic heterocycles. The summed E-state index contributed by atoms with van der Waals surface area (Å²) in [5.41, 5.74) is 1.27. The predicted molar refractivity (Wildman–Crippen MR) is 70.4 cm³/mol. The molecule has 0 saturated carbocycles. The number of halogens is 2. The zero-order valence-corrected chi connectivity index (χ0v) is 11.0. The maximum absolute atomic E-state index is 13.2. The molecule has 0 amide bonds. The Kier molecular flexibility index (Phi) is 3.51. The first kappa shape index (κ1) is 11.5. The smallest absolute Gasteiger partial charge is 0.128 e. The zero-order valence-electron chi connectivity index (χ0n) is 8.58. The molecule has 4 heteroatoms. The van der Waals surface area contributed by atoms with E-state index in [0.29, 0.717) is 11.3 Å². The van der Waals surface area contributed by atoms with Gasteiger partial charge in [-0.2, -0.15) is 0 Å². The summed E-state index contributed by atoms with van der Waals surface area (Å²) in [5, 5.41) is 0. The highest BCUT2D eigenvalue weighted by molar-refractivity contribution is 9.11. The number of aliphatic imine (C=N–C) groups is 1. The molecule has 1 aromatic carbocycles. The Bertz CT molecular complexity index is 534. The largest absolute Gasteiger partial charge is 0.255 e. The summed E-state index contributed by atoms with van der Waals surface area (Å²) in [7, 11) is 0. The van der Waals surface area contributed by atoms with Crippen molar-refractivity contribution in [2.75, 3.05) is 0 Å². The lowest BCUT2D eigenvalue weighted by atomic mass is 10.2. The first-order valence-corrected chi connectivity index (χ1v) is 6.31. The van der Waals surface area contributed by atoms with Gasteiger partial charge in [-0.3, -0.25) is 4.99 Å². The van der Waals surface area contributed by atoms with Crippen molar-refractivity contribution in [3.63, 3.8) is 0 Å². The van der Waals surface area contributed by atoms with Crippen LogP contribution in [0.1, 0.15) is 10.4 Å². The number of hydrogen-bond donors (Lipinski definition) is 0. The van der Waals surface area contributed by atoms with Crippen molar-refractivity contribution in [2.45, 2.75) is 6.92 Å². The molecule has 0 atom stereocenters. The lowest BCUT2D eigenvalue weighted by Gasteiger charge is -1.96. The lowest BCUT2D eigenvalue weighted by molar-refractivity contribution is 0.619. The van der Waals surface area contributed by atoms with Gasteiger partial charge in [-0.05, 0) is 52.7 Å². The van der Waals surface area contributed by atoms with Crippen molar-refractivity contribution in [1.82, 2.24) is 0 Å². The van der Waals surface area contributed by atoms with Crippen LogP contribution in [-0.4, -0.2) is 6.21 Å². The number of nitrogens with zero attached hydrogens (tertiary/aromatic N) is 1. The van der Waals surface area contributed by atoms with Crippen molar-refractivity contribution < 1.29 is 4.39 Å². The molecule has 0 aliphatic rings. The minimum absolute atomic E-state index is 0.220. The van der Waals surface area contributed by atoms with E-state index in [-0.39, 0.29) is 5.82 Å². The second-order valence-corrected chi connectivity index (χ2v) is 5.83. The molecule has 0 N–H and O–H groups in total. The molecule has 0 saturated heterocycles. The first-order chi connectivity index (χ1) is 7.65. The van der Waals surface area contributed by atoms with Crippen LogP contribution in [0.3, 0.4) is 0 Å². The van der Waals surface area contributed by atoms with Crippen molar-refractivity contribution in [3.05, 3.63) is 50.4 Å². The minimum Gasteiger partial charge on any atom is -0.255 e. The number of aryl methyl sites for hydroxylation is 1. The van der Waals surface area contributed by atoms with E-state index in [4.69, 9.17) is 0 Å². The molecule has 16 heavy (non-hydrogen) atoms. The summed E-state index contributed by atoms with van der Waals surface area (Å²) in [5.74, 6) is -0.220. The van der Waals surface area contributed by atoms with Crippen LogP contribution in [0.25, 0.3) is 0 Å². The highest BCUT2D eigenvalue weighted by Gasteiger charge is 1.98. The highest BCUT2D eigenvalue weighted by atomic mass is 79.9. The van der Waals surface area contributed by atoms with Gasteiger partial charge in [0.15, 0.2) is 0 Å². The number of hydrogen-bond acceptors (Lipinski definition) is 2.